The first-order valence-corrected chi connectivity index (χ1v) is 5.10. The number of aromatic nitrogens is 1. The Morgan fingerprint density at radius 2 is 2.00 bits per heavy atom. The summed E-state index contributed by atoms with van der Waals surface area (Å²) in [6.07, 6.45) is 5.96. The van der Waals surface area contributed by atoms with Crippen LogP contribution in [-0.4, -0.2) is 30.0 Å². The minimum absolute atomic E-state index is 0.795. The van der Waals surface area contributed by atoms with E-state index in [0.29, 0.717) is 0 Å². The summed E-state index contributed by atoms with van der Waals surface area (Å²) in [6, 6.07) is 4.11. The monoisotopic (exact) mass is 193 g/mol. The van der Waals surface area contributed by atoms with Crippen LogP contribution in [0.4, 0.5) is 0 Å². The van der Waals surface area contributed by atoms with Gasteiger partial charge in [0.25, 0.3) is 0 Å². The highest BCUT2D eigenvalue weighted by molar-refractivity contribution is 5.08. The van der Waals surface area contributed by atoms with Gasteiger partial charge in [-0.2, -0.15) is 0 Å². The SMILES string of the molecule is CN(CCCCN)Cc1ccncc1. The summed E-state index contributed by atoms with van der Waals surface area (Å²) in [5.74, 6) is 0. The molecule has 1 aromatic heterocycles. The van der Waals surface area contributed by atoms with Crippen LogP contribution in [0.2, 0.25) is 0 Å². The molecule has 0 bridgehead atoms. The van der Waals surface area contributed by atoms with Crippen LogP contribution >= 0.6 is 0 Å². The fraction of sp³-hybridized carbons (Fsp3) is 0.545. The second-order valence-corrected chi connectivity index (χ2v) is 3.59. The van der Waals surface area contributed by atoms with E-state index in [1.165, 1.54) is 12.0 Å². The zero-order valence-electron chi connectivity index (χ0n) is 8.82. The number of nitrogens with two attached hydrogens (primary N) is 1. The Morgan fingerprint density at radius 1 is 1.29 bits per heavy atom. The first-order valence-electron chi connectivity index (χ1n) is 5.10. The van der Waals surface area contributed by atoms with Crippen molar-refractivity contribution in [2.75, 3.05) is 20.1 Å². The predicted octanol–water partition coefficient (Wildman–Crippen LogP) is 1.25. The lowest BCUT2D eigenvalue weighted by Gasteiger charge is -2.15. The molecule has 1 heterocycles. The van der Waals surface area contributed by atoms with Crippen LogP contribution < -0.4 is 5.73 Å². The number of pyridine rings is 1. The molecule has 3 heteroatoms. The molecule has 0 radical (unpaired) electrons. The summed E-state index contributed by atoms with van der Waals surface area (Å²) in [7, 11) is 2.14. The predicted molar refractivity (Wildman–Crippen MR) is 58.9 cm³/mol. The minimum atomic E-state index is 0.795. The highest BCUT2D eigenvalue weighted by Gasteiger charge is 1.98. The molecule has 0 aromatic carbocycles. The summed E-state index contributed by atoms with van der Waals surface area (Å²) in [4.78, 5) is 6.30. The van der Waals surface area contributed by atoms with E-state index in [4.69, 9.17) is 5.73 Å². The topological polar surface area (TPSA) is 42.1 Å². The fourth-order valence-corrected chi connectivity index (χ4v) is 1.40. The molecule has 78 valence electrons. The molecule has 0 unspecified atom stereocenters. The molecule has 0 saturated carbocycles. The first kappa shape index (κ1) is 11.1. The third kappa shape index (κ3) is 4.35. The molecule has 0 aliphatic carbocycles. The van der Waals surface area contributed by atoms with Gasteiger partial charge in [-0.05, 0) is 50.7 Å². The minimum Gasteiger partial charge on any atom is -0.330 e. The highest BCUT2D eigenvalue weighted by atomic mass is 15.1. The van der Waals surface area contributed by atoms with Crippen molar-refractivity contribution in [1.82, 2.24) is 9.88 Å². The Morgan fingerprint density at radius 3 is 2.64 bits per heavy atom. The van der Waals surface area contributed by atoms with Crippen molar-refractivity contribution in [2.24, 2.45) is 5.73 Å². The molecule has 0 amide bonds. The van der Waals surface area contributed by atoms with Crippen molar-refractivity contribution in [3.8, 4) is 0 Å². The maximum atomic E-state index is 5.44. The average Bonchev–Trinajstić information content (AvgIpc) is 2.20. The lowest BCUT2D eigenvalue weighted by atomic mass is 10.2. The van der Waals surface area contributed by atoms with E-state index in [-0.39, 0.29) is 0 Å². The molecule has 0 aliphatic rings. The molecule has 0 spiro atoms. The Bertz CT molecular complexity index is 236. The fourth-order valence-electron chi connectivity index (χ4n) is 1.40. The van der Waals surface area contributed by atoms with Crippen molar-refractivity contribution in [3.05, 3.63) is 30.1 Å². The molecule has 0 aliphatic heterocycles. The smallest absolute Gasteiger partial charge is 0.0271 e. The molecule has 0 atom stereocenters. The number of nitrogens with zero attached hydrogens (tertiary/aromatic N) is 2. The first-order chi connectivity index (χ1) is 6.83. The van der Waals surface area contributed by atoms with Crippen molar-refractivity contribution in [1.29, 1.82) is 0 Å². The van der Waals surface area contributed by atoms with Crippen LogP contribution in [-0.2, 0) is 6.54 Å². The van der Waals surface area contributed by atoms with Gasteiger partial charge in [-0.15, -0.1) is 0 Å². The highest BCUT2D eigenvalue weighted by Crippen LogP contribution is 2.01. The third-order valence-corrected chi connectivity index (χ3v) is 2.20. The van der Waals surface area contributed by atoms with Gasteiger partial charge in [0.05, 0.1) is 0 Å². The van der Waals surface area contributed by atoms with Crippen molar-refractivity contribution < 1.29 is 0 Å². The van der Waals surface area contributed by atoms with Crippen molar-refractivity contribution in [3.63, 3.8) is 0 Å². The summed E-state index contributed by atoms with van der Waals surface area (Å²) in [5, 5.41) is 0. The van der Waals surface area contributed by atoms with E-state index in [2.05, 4.69) is 29.1 Å². The van der Waals surface area contributed by atoms with Crippen LogP contribution in [0.3, 0.4) is 0 Å². The number of unbranched alkanes of at least 4 members (excludes halogenated alkanes) is 1. The van der Waals surface area contributed by atoms with Gasteiger partial charge in [-0.25, -0.2) is 0 Å². The second kappa shape index (κ2) is 6.51. The molecule has 1 rings (SSSR count). The van der Waals surface area contributed by atoms with Crippen LogP contribution in [0, 0.1) is 0 Å². The molecular weight excluding hydrogens is 174 g/mol. The molecule has 2 N–H and O–H groups in total. The number of rotatable bonds is 6. The van der Waals surface area contributed by atoms with Crippen LogP contribution in [0.15, 0.2) is 24.5 Å². The van der Waals surface area contributed by atoms with E-state index < -0.39 is 0 Å². The summed E-state index contributed by atoms with van der Waals surface area (Å²) in [5.41, 5.74) is 6.76. The second-order valence-electron chi connectivity index (χ2n) is 3.59. The van der Waals surface area contributed by atoms with Crippen molar-refractivity contribution in [2.45, 2.75) is 19.4 Å². The van der Waals surface area contributed by atoms with E-state index in [1.54, 1.807) is 0 Å². The Kier molecular flexibility index (Phi) is 5.19. The van der Waals surface area contributed by atoms with Gasteiger partial charge in [0.15, 0.2) is 0 Å². The van der Waals surface area contributed by atoms with E-state index in [0.717, 1.165) is 26.1 Å². The van der Waals surface area contributed by atoms with Gasteiger partial charge in [-0.3, -0.25) is 4.98 Å². The van der Waals surface area contributed by atoms with Gasteiger partial charge < -0.3 is 10.6 Å². The maximum Gasteiger partial charge on any atom is 0.0271 e. The average molecular weight is 193 g/mol. The molecule has 14 heavy (non-hydrogen) atoms. The molecule has 1 aromatic rings. The van der Waals surface area contributed by atoms with Gasteiger partial charge in [0.2, 0.25) is 0 Å². The van der Waals surface area contributed by atoms with E-state index >= 15 is 0 Å². The zero-order valence-corrected chi connectivity index (χ0v) is 8.82. The van der Waals surface area contributed by atoms with Crippen LogP contribution in [0.1, 0.15) is 18.4 Å². The van der Waals surface area contributed by atoms with Gasteiger partial charge >= 0.3 is 0 Å². The normalized spacial score (nSPS) is 10.8. The maximum absolute atomic E-state index is 5.44. The molecular formula is C11H19N3. The molecule has 0 saturated heterocycles. The number of hydrogen-bond donors (Lipinski definition) is 1. The largest absolute Gasteiger partial charge is 0.330 e. The Hall–Kier alpha value is -0.930. The van der Waals surface area contributed by atoms with Gasteiger partial charge in [-0.1, -0.05) is 0 Å². The van der Waals surface area contributed by atoms with Crippen LogP contribution in [0.5, 0.6) is 0 Å². The van der Waals surface area contributed by atoms with Crippen molar-refractivity contribution >= 4 is 0 Å². The van der Waals surface area contributed by atoms with Crippen LogP contribution in [0.25, 0.3) is 0 Å². The van der Waals surface area contributed by atoms with Gasteiger partial charge in [0.1, 0.15) is 0 Å². The lowest BCUT2D eigenvalue weighted by molar-refractivity contribution is 0.319. The number of hydrogen-bond acceptors (Lipinski definition) is 3. The zero-order chi connectivity index (χ0) is 10.2. The molecule has 0 fully saturated rings. The standard InChI is InChI=1S/C11H19N3/c1-14(9-3-2-6-12)10-11-4-7-13-8-5-11/h4-5,7-8H,2-3,6,9-10,12H2,1H3. The molecule has 3 nitrogen and oxygen atoms in total. The Balaban J connectivity index is 2.23. The van der Waals surface area contributed by atoms with E-state index in [1.807, 2.05) is 12.4 Å². The summed E-state index contributed by atoms with van der Waals surface area (Å²) in [6.45, 7) is 2.90. The summed E-state index contributed by atoms with van der Waals surface area (Å²) >= 11 is 0. The van der Waals surface area contributed by atoms with E-state index in [9.17, 15) is 0 Å². The quantitative estimate of drug-likeness (QED) is 0.691. The van der Waals surface area contributed by atoms with Gasteiger partial charge in [0, 0.05) is 18.9 Å². The Labute approximate surface area is 85.9 Å². The summed E-state index contributed by atoms with van der Waals surface area (Å²) < 4.78 is 0. The lowest BCUT2D eigenvalue weighted by Crippen LogP contribution is -2.19. The third-order valence-electron chi connectivity index (χ3n) is 2.20.